The highest BCUT2D eigenvalue weighted by Gasteiger charge is 2.24. The van der Waals surface area contributed by atoms with Crippen LogP contribution in [0.2, 0.25) is 0 Å². The van der Waals surface area contributed by atoms with Crippen LogP contribution in [0.3, 0.4) is 0 Å². The molecule has 2 heterocycles. The van der Waals surface area contributed by atoms with E-state index in [1.807, 2.05) is 0 Å². The Morgan fingerprint density at radius 2 is 2.00 bits per heavy atom. The van der Waals surface area contributed by atoms with Crippen molar-refractivity contribution in [3.63, 3.8) is 0 Å². The molecule has 1 aliphatic heterocycles. The summed E-state index contributed by atoms with van der Waals surface area (Å²) in [6.07, 6.45) is 1.45. The van der Waals surface area contributed by atoms with Crippen molar-refractivity contribution in [2.75, 3.05) is 20.2 Å². The van der Waals surface area contributed by atoms with Gasteiger partial charge in [-0.25, -0.2) is 5.10 Å². The van der Waals surface area contributed by atoms with Crippen LogP contribution in [0, 0.1) is 0 Å². The van der Waals surface area contributed by atoms with Gasteiger partial charge in [0.25, 0.3) is 11.5 Å². The maximum absolute atomic E-state index is 12.0. The van der Waals surface area contributed by atoms with Crippen LogP contribution < -0.4 is 10.9 Å². The number of aromatic amines is 1. The second kappa shape index (κ2) is 8.23. The van der Waals surface area contributed by atoms with Crippen molar-refractivity contribution in [2.24, 2.45) is 0 Å². The lowest BCUT2D eigenvalue weighted by molar-refractivity contribution is -0.143. The van der Waals surface area contributed by atoms with Crippen LogP contribution >= 0.6 is 0 Å². The third-order valence-electron chi connectivity index (χ3n) is 3.87. The van der Waals surface area contributed by atoms with Gasteiger partial charge in [0, 0.05) is 31.6 Å². The van der Waals surface area contributed by atoms with Gasteiger partial charge in [-0.2, -0.15) is 5.10 Å². The molecular formula is C15H20N4O5. The van der Waals surface area contributed by atoms with Crippen molar-refractivity contribution in [1.29, 1.82) is 0 Å². The Labute approximate surface area is 138 Å². The van der Waals surface area contributed by atoms with Gasteiger partial charge in [0.2, 0.25) is 5.91 Å². The average molecular weight is 336 g/mol. The highest BCUT2D eigenvalue weighted by molar-refractivity contribution is 5.92. The zero-order chi connectivity index (χ0) is 17.5. The van der Waals surface area contributed by atoms with Crippen molar-refractivity contribution in [3.8, 4) is 0 Å². The van der Waals surface area contributed by atoms with Crippen LogP contribution in [-0.4, -0.2) is 59.1 Å². The van der Waals surface area contributed by atoms with Gasteiger partial charge >= 0.3 is 5.97 Å². The first-order valence-corrected chi connectivity index (χ1v) is 7.71. The Kier molecular flexibility index (Phi) is 6.05. The molecule has 2 rings (SSSR count). The first kappa shape index (κ1) is 17.6. The molecule has 0 radical (unpaired) electrons. The first-order chi connectivity index (χ1) is 11.5. The zero-order valence-corrected chi connectivity index (χ0v) is 13.4. The third-order valence-corrected chi connectivity index (χ3v) is 3.87. The Morgan fingerprint density at radius 3 is 2.58 bits per heavy atom. The summed E-state index contributed by atoms with van der Waals surface area (Å²) in [4.78, 5) is 47.7. The fourth-order valence-corrected chi connectivity index (χ4v) is 2.47. The number of hydrogen-bond acceptors (Lipinski definition) is 6. The van der Waals surface area contributed by atoms with E-state index in [-0.39, 0.29) is 42.0 Å². The minimum Gasteiger partial charge on any atom is -0.469 e. The van der Waals surface area contributed by atoms with Crippen molar-refractivity contribution in [3.05, 3.63) is 28.2 Å². The highest BCUT2D eigenvalue weighted by atomic mass is 16.5. The Hall–Kier alpha value is -2.71. The summed E-state index contributed by atoms with van der Waals surface area (Å²) in [5.74, 6) is -0.854. The second-order valence-corrected chi connectivity index (χ2v) is 5.51. The van der Waals surface area contributed by atoms with Crippen LogP contribution in [0.5, 0.6) is 0 Å². The SMILES string of the molecule is COC(=O)CCC(=O)N1CCC(NC(=O)c2ccc(=O)[nH]n2)CC1. The lowest BCUT2D eigenvalue weighted by Gasteiger charge is -2.32. The number of nitrogens with one attached hydrogen (secondary N) is 2. The van der Waals surface area contributed by atoms with Crippen LogP contribution in [0.25, 0.3) is 0 Å². The van der Waals surface area contributed by atoms with Crippen molar-refractivity contribution in [1.82, 2.24) is 20.4 Å². The summed E-state index contributed by atoms with van der Waals surface area (Å²) in [6.45, 7) is 1.04. The largest absolute Gasteiger partial charge is 0.469 e. The van der Waals surface area contributed by atoms with Gasteiger partial charge in [-0.1, -0.05) is 0 Å². The summed E-state index contributed by atoms with van der Waals surface area (Å²) >= 11 is 0. The number of rotatable bonds is 5. The van der Waals surface area contributed by atoms with Crippen molar-refractivity contribution >= 4 is 17.8 Å². The van der Waals surface area contributed by atoms with Gasteiger partial charge in [-0.3, -0.25) is 19.2 Å². The molecule has 2 amide bonds. The quantitative estimate of drug-likeness (QED) is 0.696. The molecule has 0 bridgehead atoms. The molecule has 9 nitrogen and oxygen atoms in total. The number of esters is 1. The van der Waals surface area contributed by atoms with Crippen LogP contribution in [0.15, 0.2) is 16.9 Å². The maximum atomic E-state index is 12.0. The predicted octanol–water partition coefficient (Wildman–Crippen LogP) is -0.556. The van der Waals surface area contributed by atoms with E-state index in [0.717, 1.165) is 0 Å². The molecular weight excluding hydrogens is 316 g/mol. The van der Waals surface area contributed by atoms with Gasteiger partial charge in [0.1, 0.15) is 5.69 Å². The lowest BCUT2D eigenvalue weighted by Crippen LogP contribution is -2.46. The number of aromatic nitrogens is 2. The number of H-pyrrole nitrogens is 1. The summed E-state index contributed by atoms with van der Waals surface area (Å²) < 4.78 is 4.51. The number of likely N-dealkylation sites (tertiary alicyclic amines) is 1. The highest BCUT2D eigenvalue weighted by Crippen LogP contribution is 2.12. The standard InChI is InChI=1S/C15H20N4O5/c1-24-14(22)5-4-13(21)19-8-6-10(7-9-19)16-15(23)11-2-3-12(20)18-17-11/h2-3,10H,4-9H2,1H3,(H,16,23)(H,18,20). The summed E-state index contributed by atoms with van der Waals surface area (Å²) in [6, 6.07) is 2.54. The molecule has 1 fully saturated rings. The molecule has 1 aromatic rings. The maximum Gasteiger partial charge on any atom is 0.306 e. The molecule has 0 atom stereocenters. The van der Waals surface area contributed by atoms with E-state index in [2.05, 4.69) is 20.3 Å². The van der Waals surface area contributed by atoms with E-state index in [0.29, 0.717) is 25.9 Å². The van der Waals surface area contributed by atoms with E-state index >= 15 is 0 Å². The van der Waals surface area contributed by atoms with E-state index in [1.54, 1.807) is 4.90 Å². The number of nitrogens with zero attached hydrogens (tertiary/aromatic N) is 2. The minimum absolute atomic E-state index is 0.0594. The van der Waals surface area contributed by atoms with Gasteiger partial charge in [-0.05, 0) is 18.9 Å². The number of amides is 2. The summed E-state index contributed by atoms with van der Waals surface area (Å²) in [7, 11) is 1.29. The molecule has 0 aliphatic carbocycles. The van der Waals surface area contributed by atoms with Gasteiger partial charge in [0.05, 0.1) is 13.5 Å². The van der Waals surface area contributed by atoms with Crippen LogP contribution in [0.1, 0.15) is 36.2 Å². The Bertz CT molecular complexity index is 644. The van der Waals surface area contributed by atoms with Gasteiger partial charge in [-0.15, -0.1) is 0 Å². The van der Waals surface area contributed by atoms with Crippen molar-refractivity contribution in [2.45, 2.75) is 31.7 Å². The monoisotopic (exact) mass is 336 g/mol. The number of hydrogen-bond donors (Lipinski definition) is 2. The van der Waals surface area contributed by atoms with Gasteiger partial charge in [0.15, 0.2) is 0 Å². The Balaban J connectivity index is 1.77. The summed E-state index contributed by atoms with van der Waals surface area (Å²) in [5, 5.41) is 8.73. The molecule has 9 heteroatoms. The van der Waals surface area contributed by atoms with Crippen LogP contribution in [-0.2, 0) is 14.3 Å². The molecule has 1 aliphatic rings. The number of methoxy groups -OCH3 is 1. The number of carbonyl (C=O) groups excluding carboxylic acids is 3. The van der Waals surface area contributed by atoms with Crippen LogP contribution in [0.4, 0.5) is 0 Å². The number of carbonyl (C=O) groups is 3. The second-order valence-electron chi connectivity index (χ2n) is 5.51. The molecule has 0 aromatic carbocycles. The third kappa shape index (κ3) is 4.90. The fraction of sp³-hybridized carbons (Fsp3) is 0.533. The molecule has 0 spiro atoms. The number of ether oxygens (including phenoxy) is 1. The molecule has 130 valence electrons. The first-order valence-electron chi connectivity index (χ1n) is 7.71. The molecule has 1 aromatic heterocycles. The normalized spacial score (nSPS) is 15.0. The van der Waals surface area contributed by atoms with E-state index in [9.17, 15) is 19.2 Å². The topological polar surface area (TPSA) is 121 Å². The minimum atomic E-state index is -0.404. The fourth-order valence-electron chi connectivity index (χ4n) is 2.47. The zero-order valence-electron chi connectivity index (χ0n) is 13.4. The van der Waals surface area contributed by atoms with E-state index in [1.165, 1.54) is 19.2 Å². The molecule has 24 heavy (non-hydrogen) atoms. The van der Waals surface area contributed by atoms with E-state index in [4.69, 9.17) is 0 Å². The smallest absolute Gasteiger partial charge is 0.306 e. The van der Waals surface area contributed by atoms with E-state index < -0.39 is 5.97 Å². The molecule has 0 saturated carbocycles. The van der Waals surface area contributed by atoms with Crippen molar-refractivity contribution < 1.29 is 19.1 Å². The Morgan fingerprint density at radius 1 is 1.29 bits per heavy atom. The van der Waals surface area contributed by atoms with Gasteiger partial charge < -0.3 is 15.0 Å². The molecule has 1 saturated heterocycles. The summed E-state index contributed by atoms with van der Waals surface area (Å²) in [5.41, 5.74) is -0.225. The average Bonchev–Trinajstić information content (AvgIpc) is 2.60. The number of piperidine rings is 1. The lowest BCUT2D eigenvalue weighted by atomic mass is 10.0. The molecule has 2 N–H and O–H groups in total. The predicted molar refractivity (Wildman–Crippen MR) is 83.2 cm³/mol. The molecule has 0 unspecified atom stereocenters.